The van der Waals surface area contributed by atoms with Gasteiger partial charge in [-0.3, -0.25) is 9.59 Å². The summed E-state index contributed by atoms with van der Waals surface area (Å²) in [5, 5.41) is 11.6. The molecule has 10 heteroatoms. The van der Waals surface area contributed by atoms with Gasteiger partial charge in [0.25, 0.3) is 21.8 Å². The van der Waals surface area contributed by atoms with Crippen molar-refractivity contribution in [3.63, 3.8) is 0 Å². The van der Waals surface area contributed by atoms with E-state index < -0.39 is 21.9 Å². The van der Waals surface area contributed by atoms with Gasteiger partial charge in [-0.15, -0.1) is 0 Å². The highest BCUT2D eigenvalue weighted by atomic mass is 32.2. The average molecular weight is 453 g/mol. The normalized spacial score (nSPS) is 10.9. The second-order valence-corrected chi connectivity index (χ2v) is 8.37. The zero-order valence-electron chi connectivity index (χ0n) is 16.7. The van der Waals surface area contributed by atoms with Crippen LogP contribution in [0.4, 0.5) is 0 Å². The number of nitrogens with zero attached hydrogens (tertiary/aromatic N) is 1. The van der Waals surface area contributed by atoms with E-state index in [0.717, 1.165) is 23.9 Å². The second kappa shape index (κ2) is 9.84. The SMILES string of the molecule is O=C(NCCc1ccccc1)c1ccc(S(=O)(=O)NC(=O)c2ccc(C(=O)O)nc2)cc1. The van der Waals surface area contributed by atoms with Crippen molar-refractivity contribution in [1.82, 2.24) is 15.0 Å². The number of pyridine rings is 1. The molecule has 0 aliphatic carbocycles. The highest BCUT2D eigenvalue weighted by Gasteiger charge is 2.20. The number of carbonyl (C=O) groups excluding carboxylic acids is 2. The molecule has 0 saturated heterocycles. The lowest BCUT2D eigenvalue weighted by Gasteiger charge is -2.09. The van der Waals surface area contributed by atoms with Crippen molar-refractivity contribution >= 4 is 27.8 Å². The summed E-state index contributed by atoms with van der Waals surface area (Å²) in [6.07, 6.45) is 1.63. The van der Waals surface area contributed by atoms with Gasteiger partial charge in [0.2, 0.25) is 0 Å². The molecule has 0 saturated carbocycles. The highest BCUT2D eigenvalue weighted by molar-refractivity contribution is 7.90. The highest BCUT2D eigenvalue weighted by Crippen LogP contribution is 2.12. The Balaban J connectivity index is 1.60. The summed E-state index contributed by atoms with van der Waals surface area (Å²) in [5.74, 6) is -2.58. The summed E-state index contributed by atoms with van der Waals surface area (Å²) >= 11 is 0. The first-order chi connectivity index (χ1) is 15.3. The second-order valence-electron chi connectivity index (χ2n) is 6.69. The molecule has 0 fully saturated rings. The fourth-order valence-corrected chi connectivity index (χ4v) is 3.72. The van der Waals surface area contributed by atoms with Crippen molar-refractivity contribution in [2.24, 2.45) is 0 Å². The van der Waals surface area contributed by atoms with E-state index in [9.17, 15) is 22.8 Å². The number of aromatic carboxylic acids is 1. The summed E-state index contributed by atoms with van der Waals surface area (Å²) < 4.78 is 26.8. The quantitative estimate of drug-likeness (QED) is 0.472. The van der Waals surface area contributed by atoms with Crippen molar-refractivity contribution in [2.75, 3.05) is 6.54 Å². The van der Waals surface area contributed by atoms with E-state index in [2.05, 4.69) is 10.3 Å². The molecular weight excluding hydrogens is 434 g/mol. The zero-order valence-corrected chi connectivity index (χ0v) is 17.5. The molecule has 2 amide bonds. The Morgan fingerprint density at radius 1 is 0.844 bits per heavy atom. The van der Waals surface area contributed by atoms with Gasteiger partial charge in [-0.25, -0.2) is 22.9 Å². The van der Waals surface area contributed by atoms with Crippen LogP contribution in [0.25, 0.3) is 0 Å². The summed E-state index contributed by atoms with van der Waals surface area (Å²) in [6.45, 7) is 0.424. The molecule has 0 aliphatic heterocycles. The van der Waals surface area contributed by atoms with Gasteiger partial charge in [0.05, 0.1) is 10.5 Å². The zero-order chi connectivity index (χ0) is 23.1. The van der Waals surface area contributed by atoms with Gasteiger partial charge in [-0.1, -0.05) is 30.3 Å². The average Bonchev–Trinajstić information content (AvgIpc) is 2.79. The van der Waals surface area contributed by atoms with Gasteiger partial charge in [-0.2, -0.15) is 0 Å². The minimum absolute atomic E-state index is 0.118. The molecule has 1 aromatic heterocycles. The Morgan fingerprint density at radius 2 is 1.50 bits per heavy atom. The molecule has 0 radical (unpaired) electrons. The fraction of sp³-hybridized carbons (Fsp3) is 0.0909. The molecule has 3 N–H and O–H groups in total. The van der Waals surface area contributed by atoms with Crippen LogP contribution < -0.4 is 10.0 Å². The van der Waals surface area contributed by atoms with Crippen molar-refractivity contribution in [1.29, 1.82) is 0 Å². The first-order valence-electron chi connectivity index (χ1n) is 9.45. The number of benzene rings is 2. The maximum atomic E-state index is 12.5. The Bertz CT molecular complexity index is 1220. The van der Waals surface area contributed by atoms with E-state index in [1.54, 1.807) is 0 Å². The number of hydrogen-bond acceptors (Lipinski definition) is 6. The van der Waals surface area contributed by atoms with Crippen molar-refractivity contribution < 1.29 is 27.9 Å². The molecule has 164 valence electrons. The Kier molecular flexibility index (Phi) is 6.96. The minimum Gasteiger partial charge on any atom is -0.477 e. The number of aromatic nitrogens is 1. The van der Waals surface area contributed by atoms with Gasteiger partial charge in [0, 0.05) is 18.3 Å². The van der Waals surface area contributed by atoms with E-state index >= 15 is 0 Å². The number of hydrogen-bond donors (Lipinski definition) is 3. The van der Waals surface area contributed by atoms with Crippen LogP contribution in [0.5, 0.6) is 0 Å². The predicted molar refractivity (Wildman–Crippen MR) is 115 cm³/mol. The number of carboxylic acid groups (broad SMARTS) is 1. The van der Waals surface area contributed by atoms with Crippen LogP contribution in [-0.4, -0.2) is 42.8 Å². The molecule has 3 aromatic rings. The van der Waals surface area contributed by atoms with Gasteiger partial charge in [0.1, 0.15) is 5.69 Å². The summed E-state index contributed by atoms with van der Waals surface area (Å²) in [7, 11) is -4.20. The molecule has 0 bridgehead atoms. The topological polar surface area (TPSA) is 143 Å². The molecule has 2 aromatic carbocycles. The maximum Gasteiger partial charge on any atom is 0.354 e. The Hall–Kier alpha value is -4.05. The van der Waals surface area contributed by atoms with E-state index in [0.29, 0.717) is 13.0 Å². The van der Waals surface area contributed by atoms with E-state index in [1.165, 1.54) is 24.3 Å². The summed E-state index contributed by atoms with van der Waals surface area (Å²) in [5.41, 5.74) is 0.963. The van der Waals surface area contributed by atoms with Crippen LogP contribution in [-0.2, 0) is 16.4 Å². The number of amides is 2. The van der Waals surface area contributed by atoms with Crippen molar-refractivity contribution in [3.05, 3.63) is 95.3 Å². The van der Waals surface area contributed by atoms with Gasteiger partial charge < -0.3 is 10.4 Å². The van der Waals surface area contributed by atoms with Crippen molar-refractivity contribution in [2.45, 2.75) is 11.3 Å². The lowest BCUT2D eigenvalue weighted by Crippen LogP contribution is -2.31. The third kappa shape index (κ3) is 5.76. The van der Waals surface area contributed by atoms with Gasteiger partial charge >= 0.3 is 5.97 Å². The van der Waals surface area contributed by atoms with Gasteiger partial charge in [-0.05, 0) is 48.4 Å². The first kappa shape index (κ1) is 22.6. The number of carbonyl (C=O) groups is 3. The lowest BCUT2D eigenvalue weighted by atomic mass is 10.1. The van der Waals surface area contributed by atoms with E-state index in [4.69, 9.17) is 5.11 Å². The Labute approximate surface area is 184 Å². The lowest BCUT2D eigenvalue weighted by molar-refractivity contribution is 0.0689. The first-order valence-corrected chi connectivity index (χ1v) is 10.9. The van der Waals surface area contributed by atoms with E-state index in [1.807, 2.05) is 35.1 Å². The molecule has 0 atom stereocenters. The fourth-order valence-electron chi connectivity index (χ4n) is 2.75. The minimum atomic E-state index is -4.20. The van der Waals surface area contributed by atoms with Crippen LogP contribution in [0.3, 0.4) is 0 Å². The molecule has 9 nitrogen and oxygen atoms in total. The molecule has 32 heavy (non-hydrogen) atoms. The van der Waals surface area contributed by atoms with Gasteiger partial charge in [0.15, 0.2) is 0 Å². The molecule has 0 spiro atoms. The Morgan fingerprint density at radius 3 is 2.09 bits per heavy atom. The van der Waals surface area contributed by atoms with Crippen LogP contribution in [0.2, 0.25) is 0 Å². The smallest absolute Gasteiger partial charge is 0.354 e. The number of rotatable bonds is 8. The largest absolute Gasteiger partial charge is 0.477 e. The van der Waals surface area contributed by atoms with Crippen LogP contribution in [0, 0.1) is 0 Å². The predicted octanol–water partition coefficient (Wildman–Crippen LogP) is 1.87. The third-order valence-corrected chi connectivity index (χ3v) is 5.79. The van der Waals surface area contributed by atoms with E-state index in [-0.39, 0.29) is 27.6 Å². The molecule has 3 rings (SSSR count). The summed E-state index contributed by atoms with van der Waals surface area (Å²) in [6, 6.07) is 17.0. The molecule has 0 unspecified atom stereocenters. The number of nitrogens with one attached hydrogen (secondary N) is 2. The monoisotopic (exact) mass is 453 g/mol. The summed E-state index contributed by atoms with van der Waals surface area (Å²) in [4.78, 5) is 38.6. The molecule has 1 heterocycles. The molecular formula is C22H19N3O6S. The third-order valence-electron chi connectivity index (χ3n) is 4.44. The standard InChI is InChI=1S/C22H19N3O6S/c26-20(23-13-12-15-4-2-1-3-5-15)16-6-9-18(10-7-16)32(30,31)25-21(27)17-8-11-19(22(28)29)24-14-17/h1-11,14H,12-13H2,(H,23,26)(H,25,27)(H,28,29). The maximum absolute atomic E-state index is 12.5. The molecule has 0 aliphatic rings. The number of sulfonamides is 1. The van der Waals surface area contributed by atoms with Crippen LogP contribution in [0.1, 0.15) is 36.8 Å². The van der Waals surface area contributed by atoms with Crippen LogP contribution in [0.15, 0.2) is 77.8 Å². The number of carboxylic acids is 1. The van der Waals surface area contributed by atoms with Crippen molar-refractivity contribution in [3.8, 4) is 0 Å². The van der Waals surface area contributed by atoms with Crippen LogP contribution >= 0.6 is 0 Å².